The van der Waals surface area contributed by atoms with Crippen LogP contribution in [-0.2, 0) is 14.3 Å². The number of halogens is 1. The molecule has 1 rings (SSSR count). The van der Waals surface area contributed by atoms with Gasteiger partial charge in [-0.2, -0.15) is 0 Å². The molecule has 3 N–H and O–H groups in total. The number of ether oxygens (including phenoxy) is 1. The van der Waals surface area contributed by atoms with Crippen LogP contribution >= 0.6 is 12.4 Å². The average Bonchev–Trinajstić information content (AvgIpc) is 2.19. The first kappa shape index (κ1) is 14.3. The Morgan fingerprint density at radius 1 is 1.53 bits per heavy atom. The van der Waals surface area contributed by atoms with Gasteiger partial charge in [0, 0.05) is 18.9 Å². The van der Waals surface area contributed by atoms with Gasteiger partial charge in [-0.3, -0.25) is 9.59 Å². The van der Waals surface area contributed by atoms with Crippen LogP contribution in [0.3, 0.4) is 0 Å². The largest absolute Gasteiger partial charge is 0.480 e. The Morgan fingerprint density at radius 2 is 2.20 bits per heavy atom. The quantitative estimate of drug-likeness (QED) is 0.729. The summed E-state index contributed by atoms with van der Waals surface area (Å²) in [5.74, 6) is -1.39. The van der Waals surface area contributed by atoms with E-state index in [-0.39, 0.29) is 30.5 Å². The van der Waals surface area contributed by atoms with Crippen molar-refractivity contribution in [3.8, 4) is 0 Å². The molecule has 2 atom stereocenters. The van der Waals surface area contributed by atoms with Crippen molar-refractivity contribution in [3.63, 3.8) is 0 Å². The number of ketones is 1. The smallest absolute Gasteiger partial charge is 0.320 e. The van der Waals surface area contributed by atoms with Crippen LogP contribution in [0.4, 0.5) is 0 Å². The number of nitrogens with two attached hydrogens (primary N) is 1. The van der Waals surface area contributed by atoms with Crippen LogP contribution in [0.1, 0.15) is 19.3 Å². The lowest BCUT2D eigenvalue weighted by Crippen LogP contribution is -2.36. The first-order valence-corrected chi connectivity index (χ1v) is 4.70. The van der Waals surface area contributed by atoms with Gasteiger partial charge in [-0.15, -0.1) is 12.4 Å². The Morgan fingerprint density at radius 3 is 2.67 bits per heavy atom. The lowest BCUT2D eigenvalue weighted by molar-refractivity contribution is -0.141. The summed E-state index contributed by atoms with van der Waals surface area (Å²) in [4.78, 5) is 21.9. The molecule has 2 unspecified atom stereocenters. The second kappa shape index (κ2) is 6.76. The third-order valence-electron chi connectivity index (χ3n) is 2.35. The molecular weight excluding hydrogens is 222 g/mol. The second-order valence-corrected chi connectivity index (χ2v) is 3.53. The fourth-order valence-corrected chi connectivity index (χ4v) is 1.47. The highest BCUT2D eigenvalue weighted by Gasteiger charge is 2.25. The van der Waals surface area contributed by atoms with Crippen molar-refractivity contribution >= 4 is 24.2 Å². The molecule has 15 heavy (non-hydrogen) atoms. The summed E-state index contributed by atoms with van der Waals surface area (Å²) < 4.78 is 5.14. The molecule has 0 bridgehead atoms. The SMILES string of the molecule is Cl.NC(CC(=O)C1CCCOC1)C(=O)O. The Bertz CT molecular complexity index is 228. The summed E-state index contributed by atoms with van der Waals surface area (Å²) in [5, 5.41) is 8.52. The van der Waals surface area contributed by atoms with E-state index in [1.165, 1.54) is 0 Å². The molecular formula is C9H16ClNO4. The molecule has 0 aromatic heterocycles. The zero-order valence-corrected chi connectivity index (χ0v) is 9.16. The lowest BCUT2D eigenvalue weighted by atomic mass is 9.93. The van der Waals surface area contributed by atoms with Gasteiger partial charge >= 0.3 is 5.97 Å². The van der Waals surface area contributed by atoms with E-state index in [2.05, 4.69) is 0 Å². The normalized spacial score (nSPS) is 22.6. The van der Waals surface area contributed by atoms with Crippen molar-refractivity contribution in [1.82, 2.24) is 0 Å². The molecule has 0 aromatic rings. The van der Waals surface area contributed by atoms with Crippen molar-refractivity contribution < 1.29 is 19.4 Å². The molecule has 0 spiro atoms. The van der Waals surface area contributed by atoms with E-state index in [9.17, 15) is 9.59 Å². The van der Waals surface area contributed by atoms with E-state index in [1.54, 1.807) is 0 Å². The summed E-state index contributed by atoms with van der Waals surface area (Å²) in [6.45, 7) is 1.10. The second-order valence-electron chi connectivity index (χ2n) is 3.53. The van der Waals surface area contributed by atoms with E-state index in [0.29, 0.717) is 13.2 Å². The van der Waals surface area contributed by atoms with Crippen LogP contribution in [-0.4, -0.2) is 36.1 Å². The zero-order valence-electron chi connectivity index (χ0n) is 8.35. The van der Waals surface area contributed by atoms with Crippen molar-refractivity contribution in [3.05, 3.63) is 0 Å². The molecule has 1 heterocycles. The minimum atomic E-state index is -1.13. The predicted molar refractivity (Wildman–Crippen MR) is 56.0 cm³/mol. The summed E-state index contributed by atoms with van der Waals surface area (Å²) >= 11 is 0. The first-order valence-electron chi connectivity index (χ1n) is 4.70. The molecule has 0 amide bonds. The summed E-state index contributed by atoms with van der Waals surface area (Å²) in [5.41, 5.74) is 5.26. The monoisotopic (exact) mass is 237 g/mol. The molecule has 0 saturated carbocycles. The summed E-state index contributed by atoms with van der Waals surface area (Å²) in [6, 6.07) is -1.08. The summed E-state index contributed by atoms with van der Waals surface area (Å²) in [6.07, 6.45) is 1.55. The van der Waals surface area contributed by atoms with Gasteiger partial charge in [0.25, 0.3) is 0 Å². The first-order chi connectivity index (χ1) is 6.61. The Balaban J connectivity index is 0.00000196. The molecule has 1 aliphatic rings. The number of rotatable bonds is 4. The maximum Gasteiger partial charge on any atom is 0.320 e. The molecule has 5 nitrogen and oxygen atoms in total. The van der Waals surface area contributed by atoms with Crippen molar-refractivity contribution in [2.75, 3.05) is 13.2 Å². The molecule has 1 aliphatic heterocycles. The van der Waals surface area contributed by atoms with Crippen molar-refractivity contribution in [2.24, 2.45) is 11.7 Å². The van der Waals surface area contributed by atoms with Crippen LogP contribution < -0.4 is 5.73 Å². The lowest BCUT2D eigenvalue weighted by Gasteiger charge is -2.21. The fraction of sp³-hybridized carbons (Fsp3) is 0.778. The van der Waals surface area contributed by atoms with Gasteiger partial charge in [0.2, 0.25) is 0 Å². The minimum Gasteiger partial charge on any atom is -0.480 e. The van der Waals surface area contributed by atoms with Crippen LogP contribution in [0.5, 0.6) is 0 Å². The highest BCUT2D eigenvalue weighted by Crippen LogP contribution is 2.16. The standard InChI is InChI=1S/C9H15NO4.ClH/c10-7(9(12)13)4-8(11)6-2-1-3-14-5-6;/h6-7H,1-5,10H2,(H,12,13);1H. The number of carboxylic acids is 1. The van der Waals surface area contributed by atoms with E-state index in [1.807, 2.05) is 0 Å². The molecule has 1 fully saturated rings. The van der Waals surface area contributed by atoms with Gasteiger partial charge in [0.1, 0.15) is 11.8 Å². The molecule has 6 heteroatoms. The molecule has 88 valence electrons. The van der Waals surface area contributed by atoms with Crippen molar-refractivity contribution in [1.29, 1.82) is 0 Å². The molecule has 1 saturated heterocycles. The number of hydrogen-bond acceptors (Lipinski definition) is 4. The summed E-state index contributed by atoms with van der Waals surface area (Å²) in [7, 11) is 0. The van der Waals surface area contributed by atoms with Crippen LogP contribution in [0.15, 0.2) is 0 Å². The maximum atomic E-state index is 11.5. The van der Waals surface area contributed by atoms with Crippen molar-refractivity contribution in [2.45, 2.75) is 25.3 Å². The highest BCUT2D eigenvalue weighted by atomic mass is 35.5. The van der Waals surface area contributed by atoms with Gasteiger partial charge in [-0.1, -0.05) is 0 Å². The van der Waals surface area contributed by atoms with Gasteiger partial charge in [0.05, 0.1) is 6.61 Å². The van der Waals surface area contributed by atoms with Gasteiger partial charge in [-0.25, -0.2) is 0 Å². The third-order valence-corrected chi connectivity index (χ3v) is 2.35. The van der Waals surface area contributed by atoms with Crippen LogP contribution in [0.2, 0.25) is 0 Å². The molecule has 0 radical (unpaired) electrons. The highest BCUT2D eigenvalue weighted by molar-refractivity contribution is 5.87. The van der Waals surface area contributed by atoms with E-state index in [4.69, 9.17) is 15.6 Å². The Hall–Kier alpha value is -0.650. The Labute approximate surface area is 94.4 Å². The van der Waals surface area contributed by atoms with E-state index < -0.39 is 12.0 Å². The van der Waals surface area contributed by atoms with Crippen LogP contribution in [0.25, 0.3) is 0 Å². The number of carbonyl (C=O) groups excluding carboxylic acids is 1. The number of carboxylic acid groups (broad SMARTS) is 1. The minimum absolute atomic E-state index is 0. The van der Waals surface area contributed by atoms with Crippen LogP contribution in [0, 0.1) is 5.92 Å². The van der Waals surface area contributed by atoms with Gasteiger partial charge < -0.3 is 15.6 Å². The van der Waals surface area contributed by atoms with E-state index >= 15 is 0 Å². The zero-order chi connectivity index (χ0) is 10.6. The van der Waals surface area contributed by atoms with E-state index in [0.717, 1.165) is 12.8 Å². The number of Topliss-reactive ketones (excluding diaryl/α,β-unsaturated/α-hetero) is 1. The number of carbonyl (C=O) groups is 2. The van der Waals surface area contributed by atoms with Gasteiger partial charge in [-0.05, 0) is 12.8 Å². The fourth-order valence-electron chi connectivity index (χ4n) is 1.47. The average molecular weight is 238 g/mol. The van der Waals surface area contributed by atoms with Gasteiger partial charge in [0.15, 0.2) is 0 Å². The molecule has 0 aliphatic carbocycles. The molecule has 0 aromatic carbocycles. The number of aliphatic carboxylic acids is 1. The Kier molecular flexibility index (Phi) is 6.47. The topological polar surface area (TPSA) is 89.6 Å². The predicted octanol–water partition coefficient (Wildman–Crippen LogP) is 0.206. The number of hydrogen-bond donors (Lipinski definition) is 2. The third kappa shape index (κ3) is 4.59. The maximum absolute atomic E-state index is 11.5.